The van der Waals surface area contributed by atoms with Crippen LogP contribution in [-0.2, 0) is 4.74 Å². The van der Waals surface area contributed by atoms with Gasteiger partial charge in [-0.15, -0.1) is 0 Å². The molecule has 1 aliphatic heterocycles. The van der Waals surface area contributed by atoms with Crippen LogP contribution in [0.5, 0.6) is 5.75 Å². The molecule has 0 radical (unpaired) electrons. The molecule has 4 heteroatoms. The largest absolute Gasteiger partial charge is 0.491 e. The molecule has 0 saturated carbocycles. The van der Waals surface area contributed by atoms with Gasteiger partial charge in [0.15, 0.2) is 0 Å². The van der Waals surface area contributed by atoms with Crippen molar-refractivity contribution in [1.82, 2.24) is 10.2 Å². The van der Waals surface area contributed by atoms with Gasteiger partial charge in [-0.05, 0) is 18.6 Å². The van der Waals surface area contributed by atoms with Gasteiger partial charge < -0.3 is 19.7 Å². The second-order valence-electron chi connectivity index (χ2n) is 4.72. The van der Waals surface area contributed by atoms with Gasteiger partial charge in [-0.2, -0.15) is 0 Å². The molecule has 106 valence electrons. The number of ether oxygens (including phenoxy) is 2. The Morgan fingerprint density at radius 1 is 1.00 bits per heavy atom. The third-order valence-corrected chi connectivity index (χ3v) is 3.21. The first-order valence-corrected chi connectivity index (χ1v) is 7.14. The minimum atomic E-state index is 0.623. The van der Waals surface area contributed by atoms with Crippen LogP contribution in [0.25, 0.3) is 0 Å². The number of rotatable bonds is 8. The van der Waals surface area contributed by atoms with E-state index < -0.39 is 0 Å². The molecule has 1 heterocycles. The summed E-state index contributed by atoms with van der Waals surface area (Å²) in [6.07, 6.45) is 1.10. The van der Waals surface area contributed by atoms with Gasteiger partial charge in [-0.1, -0.05) is 18.2 Å². The van der Waals surface area contributed by atoms with E-state index >= 15 is 0 Å². The molecule has 19 heavy (non-hydrogen) atoms. The van der Waals surface area contributed by atoms with Crippen molar-refractivity contribution in [2.24, 2.45) is 0 Å². The van der Waals surface area contributed by atoms with Gasteiger partial charge in [0.1, 0.15) is 12.4 Å². The zero-order valence-electron chi connectivity index (χ0n) is 11.5. The van der Waals surface area contributed by atoms with Crippen LogP contribution in [-0.4, -0.2) is 57.4 Å². The number of benzene rings is 1. The maximum atomic E-state index is 5.58. The van der Waals surface area contributed by atoms with Crippen molar-refractivity contribution in [3.8, 4) is 5.75 Å². The standard InChI is InChI=1S/C15H24N2O2/c1-2-5-15(6-3-1)19-14-13-18-12-4-9-17-10-7-16-8-11-17/h1-3,5-6,16H,4,7-14H2. The molecule has 1 aliphatic rings. The van der Waals surface area contributed by atoms with E-state index in [2.05, 4.69) is 10.2 Å². The van der Waals surface area contributed by atoms with Gasteiger partial charge in [0, 0.05) is 39.3 Å². The number of piperazine rings is 1. The molecule has 1 saturated heterocycles. The molecular weight excluding hydrogens is 240 g/mol. The van der Waals surface area contributed by atoms with Crippen LogP contribution in [0.3, 0.4) is 0 Å². The summed E-state index contributed by atoms with van der Waals surface area (Å²) < 4.78 is 11.1. The quantitative estimate of drug-likeness (QED) is 0.719. The summed E-state index contributed by atoms with van der Waals surface area (Å²) in [5.41, 5.74) is 0. The van der Waals surface area contributed by atoms with E-state index in [1.54, 1.807) is 0 Å². The number of para-hydroxylation sites is 1. The third-order valence-electron chi connectivity index (χ3n) is 3.21. The molecule has 0 unspecified atom stereocenters. The van der Waals surface area contributed by atoms with E-state index in [1.807, 2.05) is 30.3 Å². The molecule has 1 N–H and O–H groups in total. The van der Waals surface area contributed by atoms with E-state index in [-0.39, 0.29) is 0 Å². The maximum absolute atomic E-state index is 5.58. The lowest BCUT2D eigenvalue weighted by Gasteiger charge is -2.26. The fourth-order valence-corrected chi connectivity index (χ4v) is 2.16. The van der Waals surface area contributed by atoms with Crippen LogP contribution in [0.4, 0.5) is 0 Å². The van der Waals surface area contributed by atoms with E-state index in [0.29, 0.717) is 13.2 Å². The van der Waals surface area contributed by atoms with E-state index in [9.17, 15) is 0 Å². The predicted molar refractivity (Wildman–Crippen MR) is 76.7 cm³/mol. The minimum absolute atomic E-state index is 0.623. The molecule has 0 aromatic heterocycles. The molecule has 0 bridgehead atoms. The van der Waals surface area contributed by atoms with Crippen molar-refractivity contribution in [3.63, 3.8) is 0 Å². The van der Waals surface area contributed by atoms with Crippen molar-refractivity contribution in [3.05, 3.63) is 30.3 Å². The average molecular weight is 264 g/mol. The van der Waals surface area contributed by atoms with Crippen LogP contribution in [0.15, 0.2) is 30.3 Å². The Labute approximate surface area is 115 Å². The van der Waals surface area contributed by atoms with E-state index in [1.165, 1.54) is 0 Å². The summed E-state index contributed by atoms with van der Waals surface area (Å²) in [5, 5.41) is 3.36. The minimum Gasteiger partial charge on any atom is -0.491 e. The monoisotopic (exact) mass is 264 g/mol. The fourth-order valence-electron chi connectivity index (χ4n) is 2.16. The van der Waals surface area contributed by atoms with E-state index in [0.717, 1.165) is 51.5 Å². The molecule has 0 spiro atoms. The van der Waals surface area contributed by atoms with Crippen LogP contribution >= 0.6 is 0 Å². The first-order valence-electron chi connectivity index (χ1n) is 7.14. The molecule has 1 fully saturated rings. The van der Waals surface area contributed by atoms with Gasteiger partial charge >= 0.3 is 0 Å². The second kappa shape index (κ2) is 8.91. The van der Waals surface area contributed by atoms with Crippen LogP contribution in [0.1, 0.15) is 6.42 Å². The van der Waals surface area contributed by atoms with Crippen LogP contribution in [0, 0.1) is 0 Å². The van der Waals surface area contributed by atoms with Crippen molar-refractivity contribution in [2.45, 2.75) is 6.42 Å². The molecule has 0 aliphatic carbocycles. The Morgan fingerprint density at radius 2 is 1.79 bits per heavy atom. The van der Waals surface area contributed by atoms with Gasteiger partial charge in [0.05, 0.1) is 6.61 Å². The normalized spacial score (nSPS) is 16.4. The Balaban J connectivity index is 1.42. The summed E-state index contributed by atoms with van der Waals surface area (Å²) in [4.78, 5) is 2.49. The predicted octanol–water partition coefficient (Wildman–Crippen LogP) is 1.38. The van der Waals surface area contributed by atoms with Gasteiger partial charge in [-0.25, -0.2) is 0 Å². The Hall–Kier alpha value is -1.10. The third kappa shape index (κ3) is 6.05. The van der Waals surface area contributed by atoms with Gasteiger partial charge in [0.2, 0.25) is 0 Å². The maximum Gasteiger partial charge on any atom is 0.119 e. The zero-order chi connectivity index (χ0) is 13.2. The lowest BCUT2D eigenvalue weighted by atomic mass is 10.3. The number of nitrogens with one attached hydrogen (secondary N) is 1. The summed E-state index contributed by atoms with van der Waals surface area (Å²) >= 11 is 0. The summed E-state index contributed by atoms with van der Waals surface area (Å²) in [7, 11) is 0. The van der Waals surface area contributed by atoms with Crippen molar-refractivity contribution >= 4 is 0 Å². The van der Waals surface area contributed by atoms with Gasteiger partial charge in [-0.3, -0.25) is 0 Å². The first kappa shape index (κ1) is 14.3. The average Bonchev–Trinajstić information content (AvgIpc) is 2.48. The molecule has 4 nitrogen and oxygen atoms in total. The van der Waals surface area contributed by atoms with E-state index in [4.69, 9.17) is 9.47 Å². The lowest BCUT2D eigenvalue weighted by Crippen LogP contribution is -2.43. The summed E-state index contributed by atoms with van der Waals surface area (Å²) in [5.74, 6) is 0.909. The smallest absolute Gasteiger partial charge is 0.119 e. The Kier molecular flexibility index (Phi) is 6.71. The van der Waals surface area contributed by atoms with Crippen LogP contribution in [0.2, 0.25) is 0 Å². The molecule has 0 amide bonds. The highest BCUT2D eigenvalue weighted by atomic mass is 16.5. The first-order chi connectivity index (χ1) is 9.45. The zero-order valence-corrected chi connectivity index (χ0v) is 11.5. The van der Waals surface area contributed by atoms with Gasteiger partial charge in [0.25, 0.3) is 0 Å². The molecular formula is C15H24N2O2. The SMILES string of the molecule is c1ccc(OCCOCCCN2CCNCC2)cc1. The Bertz CT molecular complexity index is 326. The Morgan fingerprint density at radius 3 is 2.58 bits per heavy atom. The highest BCUT2D eigenvalue weighted by molar-refractivity contribution is 5.20. The fraction of sp³-hybridized carbons (Fsp3) is 0.600. The molecule has 1 aromatic rings. The molecule has 0 atom stereocenters. The highest BCUT2D eigenvalue weighted by Crippen LogP contribution is 2.07. The lowest BCUT2D eigenvalue weighted by molar-refractivity contribution is 0.0903. The van der Waals surface area contributed by atoms with Crippen molar-refractivity contribution < 1.29 is 9.47 Å². The van der Waals surface area contributed by atoms with Crippen LogP contribution < -0.4 is 10.1 Å². The van der Waals surface area contributed by atoms with Crippen molar-refractivity contribution in [2.75, 3.05) is 52.5 Å². The highest BCUT2D eigenvalue weighted by Gasteiger charge is 2.07. The molecule has 2 rings (SSSR count). The summed E-state index contributed by atoms with van der Waals surface area (Å²) in [6.45, 7) is 7.81. The van der Waals surface area contributed by atoms with Crippen molar-refractivity contribution in [1.29, 1.82) is 0 Å². The molecule has 1 aromatic carbocycles. The second-order valence-corrected chi connectivity index (χ2v) is 4.72. The number of hydrogen-bond acceptors (Lipinski definition) is 4. The number of hydrogen-bond donors (Lipinski definition) is 1. The number of nitrogens with zero attached hydrogens (tertiary/aromatic N) is 1. The summed E-state index contributed by atoms with van der Waals surface area (Å²) in [6, 6.07) is 9.86. The topological polar surface area (TPSA) is 33.7 Å².